The highest BCUT2D eigenvalue weighted by Crippen LogP contribution is 2.66. The largest absolute Gasteiger partial charge is 0.391 e. The second kappa shape index (κ2) is 8.80. The lowest BCUT2D eigenvalue weighted by molar-refractivity contribution is -0.175. The molecule has 3 N–H and O–H groups in total. The molecule has 1 amide bonds. The summed E-state index contributed by atoms with van der Waals surface area (Å²) in [6.07, 6.45) is 9.19. The van der Waals surface area contributed by atoms with Crippen LogP contribution in [0, 0.1) is 34.5 Å². The van der Waals surface area contributed by atoms with Crippen LogP contribution >= 0.6 is 0 Å². The molecule has 4 rings (SSSR count). The minimum absolute atomic E-state index is 0.0874. The van der Waals surface area contributed by atoms with Gasteiger partial charge < -0.3 is 20.4 Å². The number of hydrogen-bond donors (Lipinski definition) is 3. The summed E-state index contributed by atoms with van der Waals surface area (Å²) in [5.41, 5.74) is 2.42. The highest BCUT2D eigenvalue weighted by molar-refractivity contribution is 5.92. The van der Waals surface area contributed by atoms with Gasteiger partial charge in [0.2, 0.25) is 5.91 Å². The van der Waals surface area contributed by atoms with Gasteiger partial charge in [0.25, 0.3) is 0 Å². The molecular formula is C28H46N2O3. The van der Waals surface area contributed by atoms with Crippen LogP contribution in [0.1, 0.15) is 73.1 Å². The van der Waals surface area contributed by atoms with Crippen LogP contribution in [0.25, 0.3) is 0 Å². The summed E-state index contributed by atoms with van der Waals surface area (Å²) in [5.74, 6) is 1.76. The van der Waals surface area contributed by atoms with E-state index in [9.17, 15) is 15.0 Å². The molecular weight excluding hydrogens is 412 g/mol. The first-order valence-corrected chi connectivity index (χ1v) is 13.1. The molecule has 3 saturated carbocycles. The molecule has 0 aromatic rings. The number of carbonyl (C=O) groups is 1. The standard InChI is InChI=1S/C28H46N2O3/c1-8-16(2)26(33)29-24-23(31)15-28(5)21-13-14-27(4)19(17(3)30(6)7)11-12-20(27)18(21)9-10-22(28)25(24)32/h8,11,17-18,20-25,31-32H,9-10,12-15H2,1-7H3,(H,29,33). The summed E-state index contributed by atoms with van der Waals surface area (Å²) in [6, 6.07) is -0.122. The topological polar surface area (TPSA) is 72.8 Å². The summed E-state index contributed by atoms with van der Waals surface area (Å²) in [6.45, 7) is 10.8. The van der Waals surface area contributed by atoms with Crippen LogP contribution in [-0.2, 0) is 4.79 Å². The molecule has 0 spiro atoms. The van der Waals surface area contributed by atoms with Crippen molar-refractivity contribution in [1.29, 1.82) is 0 Å². The molecule has 0 aromatic heterocycles. The van der Waals surface area contributed by atoms with Crippen molar-refractivity contribution in [2.45, 2.75) is 97.4 Å². The summed E-state index contributed by atoms with van der Waals surface area (Å²) in [5, 5.41) is 25.5. The van der Waals surface area contributed by atoms with Crippen molar-refractivity contribution in [2.75, 3.05) is 14.1 Å². The summed E-state index contributed by atoms with van der Waals surface area (Å²) in [4.78, 5) is 14.8. The lowest BCUT2D eigenvalue weighted by Crippen LogP contribution is -2.65. The highest BCUT2D eigenvalue weighted by atomic mass is 16.3. The molecule has 0 aromatic carbocycles. The van der Waals surface area contributed by atoms with E-state index in [0.717, 1.165) is 19.3 Å². The van der Waals surface area contributed by atoms with Crippen molar-refractivity contribution in [3.05, 3.63) is 23.3 Å². The van der Waals surface area contributed by atoms with Gasteiger partial charge in [0, 0.05) is 11.6 Å². The molecule has 10 unspecified atom stereocenters. The molecule has 0 saturated heterocycles. The fourth-order valence-corrected chi connectivity index (χ4v) is 8.51. The van der Waals surface area contributed by atoms with Gasteiger partial charge in [-0.25, -0.2) is 0 Å². The number of hydrogen-bond acceptors (Lipinski definition) is 4. The van der Waals surface area contributed by atoms with E-state index in [4.69, 9.17) is 0 Å². The first kappa shape index (κ1) is 24.9. The lowest BCUT2D eigenvalue weighted by atomic mass is 9.43. The Morgan fingerprint density at radius 2 is 1.88 bits per heavy atom. The van der Waals surface area contributed by atoms with Gasteiger partial charge in [0.15, 0.2) is 0 Å². The van der Waals surface area contributed by atoms with E-state index < -0.39 is 18.2 Å². The number of carbonyl (C=O) groups excluding carboxylic acids is 1. The third kappa shape index (κ3) is 3.83. The zero-order chi connectivity index (χ0) is 24.3. The van der Waals surface area contributed by atoms with Gasteiger partial charge in [-0.15, -0.1) is 0 Å². The molecule has 0 bridgehead atoms. The lowest BCUT2D eigenvalue weighted by Gasteiger charge is -2.62. The number of nitrogens with one attached hydrogen (secondary N) is 1. The number of aliphatic hydroxyl groups excluding tert-OH is 2. The number of rotatable bonds is 4. The second-order valence-corrected chi connectivity index (χ2v) is 12.3. The average molecular weight is 459 g/mol. The van der Waals surface area contributed by atoms with E-state index in [1.165, 1.54) is 12.8 Å². The molecule has 3 fully saturated rings. The Labute approximate surface area is 200 Å². The van der Waals surface area contributed by atoms with Crippen LogP contribution in [-0.4, -0.2) is 59.4 Å². The Kier molecular flexibility index (Phi) is 6.65. The van der Waals surface area contributed by atoms with Crippen molar-refractivity contribution in [3.63, 3.8) is 0 Å². The number of nitrogens with zero attached hydrogens (tertiary/aromatic N) is 1. The molecule has 5 nitrogen and oxygen atoms in total. The van der Waals surface area contributed by atoms with Gasteiger partial charge in [0.05, 0.1) is 18.2 Å². The Morgan fingerprint density at radius 1 is 1.18 bits per heavy atom. The molecule has 186 valence electrons. The predicted molar refractivity (Wildman–Crippen MR) is 132 cm³/mol. The second-order valence-electron chi connectivity index (χ2n) is 12.3. The molecule has 4 aliphatic rings. The molecule has 33 heavy (non-hydrogen) atoms. The Balaban J connectivity index is 1.55. The summed E-state index contributed by atoms with van der Waals surface area (Å²) in [7, 11) is 4.36. The molecule has 0 heterocycles. The number of fused-ring (bicyclic) bond motifs is 5. The maximum atomic E-state index is 12.5. The number of aliphatic hydroxyl groups is 2. The van der Waals surface area contributed by atoms with E-state index in [-0.39, 0.29) is 22.7 Å². The van der Waals surface area contributed by atoms with Crippen LogP contribution in [0.4, 0.5) is 0 Å². The van der Waals surface area contributed by atoms with E-state index in [1.807, 2.05) is 6.92 Å². The first-order valence-electron chi connectivity index (χ1n) is 13.1. The van der Waals surface area contributed by atoms with E-state index in [1.54, 1.807) is 18.6 Å². The number of likely N-dealkylation sites (N-methyl/N-ethyl adjacent to an activating group) is 1. The Morgan fingerprint density at radius 3 is 2.52 bits per heavy atom. The zero-order valence-corrected chi connectivity index (χ0v) is 21.8. The van der Waals surface area contributed by atoms with Gasteiger partial charge in [-0.3, -0.25) is 4.79 Å². The average Bonchev–Trinajstić information content (AvgIpc) is 3.12. The highest BCUT2D eigenvalue weighted by Gasteiger charge is 2.62. The minimum atomic E-state index is -0.715. The normalized spacial score (nSPS) is 46.2. The Hall–Kier alpha value is -1.17. The van der Waals surface area contributed by atoms with Crippen LogP contribution < -0.4 is 5.32 Å². The van der Waals surface area contributed by atoms with Crippen LogP contribution in [0.2, 0.25) is 0 Å². The van der Waals surface area contributed by atoms with Gasteiger partial charge in [0.1, 0.15) is 0 Å². The predicted octanol–water partition coefficient (Wildman–Crippen LogP) is 3.91. The van der Waals surface area contributed by atoms with E-state index in [2.05, 4.69) is 51.2 Å². The molecule has 4 aliphatic carbocycles. The maximum absolute atomic E-state index is 12.5. The summed E-state index contributed by atoms with van der Waals surface area (Å²) >= 11 is 0. The van der Waals surface area contributed by atoms with Crippen molar-refractivity contribution in [3.8, 4) is 0 Å². The van der Waals surface area contributed by atoms with Gasteiger partial charge in [-0.05, 0) is 108 Å². The number of allylic oxidation sites excluding steroid dienone is 2. The molecule has 5 heteroatoms. The molecule has 10 atom stereocenters. The molecule has 0 radical (unpaired) electrons. The minimum Gasteiger partial charge on any atom is -0.391 e. The van der Waals surface area contributed by atoms with Gasteiger partial charge >= 0.3 is 0 Å². The fraction of sp³-hybridized carbons (Fsp3) is 0.821. The monoisotopic (exact) mass is 458 g/mol. The third-order valence-electron chi connectivity index (χ3n) is 10.7. The van der Waals surface area contributed by atoms with Crippen molar-refractivity contribution in [2.24, 2.45) is 34.5 Å². The number of amides is 1. The van der Waals surface area contributed by atoms with E-state index >= 15 is 0 Å². The third-order valence-corrected chi connectivity index (χ3v) is 10.7. The van der Waals surface area contributed by atoms with Crippen molar-refractivity contribution in [1.82, 2.24) is 10.2 Å². The van der Waals surface area contributed by atoms with Crippen molar-refractivity contribution < 1.29 is 15.0 Å². The van der Waals surface area contributed by atoms with Gasteiger partial charge in [-0.2, -0.15) is 0 Å². The van der Waals surface area contributed by atoms with Crippen LogP contribution in [0.15, 0.2) is 23.3 Å². The quantitative estimate of drug-likeness (QED) is 0.441. The van der Waals surface area contributed by atoms with Gasteiger partial charge in [-0.1, -0.05) is 31.6 Å². The first-order chi connectivity index (χ1) is 15.5. The zero-order valence-electron chi connectivity index (χ0n) is 21.8. The summed E-state index contributed by atoms with van der Waals surface area (Å²) < 4.78 is 0. The van der Waals surface area contributed by atoms with Crippen LogP contribution in [0.5, 0.6) is 0 Å². The SMILES string of the molecule is CC=C(C)C(=O)NC1C(O)CC2(C)C(CCC3C4CC=C(C(C)N(C)C)C4(C)CCC32)C1O. The molecule has 0 aliphatic heterocycles. The smallest absolute Gasteiger partial charge is 0.246 e. The maximum Gasteiger partial charge on any atom is 0.246 e. The Bertz CT molecular complexity index is 835. The van der Waals surface area contributed by atoms with Crippen molar-refractivity contribution >= 4 is 5.91 Å². The van der Waals surface area contributed by atoms with E-state index in [0.29, 0.717) is 35.8 Å². The fourth-order valence-electron chi connectivity index (χ4n) is 8.51. The van der Waals surface area contributed by atoms with Crippen LogP contribution in [0.3, 0.4) is 0 Å².